The molecule has 1 atom stereocenters. The number of rotatable bonds is 8. The highest BCUT2D eigenvalue weighted by Gasteiger charge is 2.34. The van der Waals surface area contributed by atoms with Crippen molar-refractivity contribution in [2.24, 2.45) is 0 Å². The van der Waals surface area contributed by atoms with Gasteiger partial charge < -0.3 is 20.9 Å². The zero-order chi connectivity index (χ0) is 23.5. The average molecular weight is 450 g/mol. The number of halogens is 4. The lowest BCUT2D eigenvalue weighted by Gasteiger charge is -2.25. The Bertz CT molecular complexity index is 1020. The van der Waals surface area contributed by atoms with E-state index in [9.17, 15) is 22.4 Å². The van der Waals surface area contributed by atoms with Crippen LogP contribution in [0.1, 0.15) is 31.9 Å². The zero-order valence-corrected chi connectivity index (χ0v) is 18.1. The Kier molecular flexibility index (Phi) is 7.08. The van der Waals surface area contributed by atoms with E-state index in [4.69, 9.17) is 0 Å². The first kappa shape index (κ1) is 23.6. The first-order valence-corrected chi connectivity index (χ1v) is 10.4. The molecule has 1 aliphatic heterocycles. The number of amides is 1. The SMILES string of the molecule is CCN(CC)CC(C)Nc1ccc(NC=C2C(=O)Nc3cccc(F)c32)cc1C(F)(F)F. The first-order chi connectivity index (χ1) is 15.1. The Morgan fingerprint density at radius 2 is 1.88 bits per heavy atom. The Labute approximate surface area is 184 Å². The quantitative estimate of drug-likeness (QED) is 0.373. The predicted molar refractivity (Wildman–Crippen MR) is 119 cm³/mol. The minimum Gasteiger partial charge on any atom is -0.381 e. The molecule has 3 N–H and O–H groups in total. The minimum absolute atomic E-state index is 0.0155. The molecule has 0 radical (unpaired) electrons. The molecule has 0 aromatic heterocycles. The van der Waals surface area contributed by atoms with Crippen LogP contribution >= 0.6 is 0 Å². The van der Waals surface area contributed by atoms with Crippen molar-refractivity contribution in [1.29, 1.82) is 0 Å². The number of fused-ring (bicyclic) bond motifs is 1. The summed E-state index contributed by atoms with van der Waals surface area (Å²) in [6.07, 6.45) is -3.36. The second-order valence-electron chi connectivity index (χ2n) is 7.61. The summed E-state index contributed by atoms with van der Waals surface area (Å²) in [5.74, 6) is -1.12. The van der Waals surface area contributed by atoms with E-state index in [0.717, 1.165) is 19.2 Å². The van der Waals surface area contributed by atoms with Crippen molar-refractivity contribution >= 4 is 28.5 Å². The van der Waals surface area contributed by atoms with Crippen LogP contribution in [0.5, 0.6) is 0 Å². The van der Waals surface area contributed by atoms with Crippen LogP contribution in [0.25, 0.3) is 5.57 Å². The van der Waals surface area contributed by atoms with Crippen molar-refractivity contribution in [2.75, 3.05) is 35.6 Å². The van der Waals surface area contributed by atoms with Gasteiger partial charge in [-0.3, -0.25) is 4.79 Å². The van der Waals surface area contributed by atoms with Gasteiger partial charge in [-0.2, -0.15) is 13.2 Å². The standard InChI is InChI=1S/C23H26F4N4O/c1-4-31(5-2)13-14(3)29-19-10-9-15(11-17(19)23(25,26)27)28-12-16-21-18(24)7-6-8-20(21)30-22(16)32/h6-12,14,28-29H,4-5,13H2,1-3H3,(H,30,32). The van der Waals surface area contributed by atoms with Gasteiger partial charge in [0.25, 0.3) is 5.91 Å². The Balaban J connectivity index is 1.84. The molecule has 172 valence electrons. The number of likely N-dealkylation sites (N-methyl/N-ethyl adjacent to an activating group) is 1. The smallest absolute Gasteiger partial charge is 0.381 e. The van der Waals surface area contributed by atoms with E-state index >= 15 is 0 Å². The van der Waals surface area contributed by atoms with Gasteiger partial charge in [-0.15, -0.1) is 0 Å². The van der Waals surface area contributed by atoms with Crippen LogP contribution in [0, 0.1) is 5.82 Å². The molecular formula is C23H26F4N4O. The molecular weight excluding hydrogens is 424 g/mol. The zero-order valence-electron chi connectivity index (χ0n) is 18.1. The highest BCUT2D eigenvalue weighted by molar-refractivity contribution is 6.31. The number of anilines is 3. The number of hydrogen-bond donors (Lipinski definition) is 3. The van der Waals surface area contributed by atoms with Crippen LogP contribution in [0.2, 0.25) is 0 Å². The van der Waals surface area contributed by atoms with Crippen molar-refractivity contribution in [2.45, 2.75) is 33.0 Å². The van der Waals surface area contributed by atoms with Gasteiger partial charge in [-0.1, -0.05) is 19.9 Å². The van der Waals surface area contributed by atoms with Crippen molar-refractivity contribution in [1.82, 2.24) is 4.90 Å². The minimum atomic E-state index is -4.58. The van der Waals surface area contributed by atoms with E-state index in [2.05, 4.69) is 20.9 Å². The number of benzene rings is 2. The largest absolute Gasteiger partial charge is 0.418 e. The van der Waals surface area contributed by atoms with E-state index in [-0.39, 0.29) is 28.6 Å². The number of hydrogen-bond acceptors (Lipinski definition) is 4. The second-order valence-corrected chi connectivity index (χ2v) is 7.61. The van der Waals surface area contributed by atoms with Gasteiger partial charge in [0, 0.05) is 35.7 Å². The van der Waals surface area contributed by atoms with E-state index in [0.29, 0.717) is 12.2 Å². The molecule has 5 nitrogen and oxygen atoms in total. The molecule has 9 heteroatoms. The Morgan fingerprint density at radius 1 is 1.16 bits per heavy atom. The maximum absolute atomic E-state index is 14.2. The first-order valence-electron chi connectivity index (χ1n) is 10.4. The van der Waals surface area contributed by atoms with Crippen LogP contribution in [0.15, 0.2) is 42.6 Å². The highest BCUT2D eigenvalue weighted by atomic mass is 19.4. The van der Waals surface area contributed by atoms with Crippen molar-refractivity contribution in [3.05, 3.63) is 59.5 Å². The summed E-state index contributed by atoms with van der Waals surface area (Å²) in [6, 6.07) is 7.84. The summed E-state index contributed by atoms with van der Waals surface area (Å²) in [6.45, 7) is 8.06. The Morgan fingerprint density at radius 3 is 2.53 bits per heavy atom. The topological polar surface area (TPSA) is 56.4 Å². The van der Waals surface area contributed by atoms with Gasteiger partial charge >= 0.3 is 6.18 Å². The van der Waals surface area contributed by atoms with Gasteiger partial charge in [0.2, 0.25) is 0 Å². The van der Waals surface area contributed by atoms with E-state index in [1.807, 2.05) is 20.8 Å². The molecule has 1 amide bonds. The number of alkyl halides is 3. The van der Waals surface area contributed by atoms with E-state index < -0.39 is 23.5 Å². The third-order valence-corrected chi connectivity index (χ3v) is 5.31. The molecule has 0 fully saturated rings. The fourth-order valence-corrected chi connectivity index (χ4v) is 3.67. The van der Waals surface area contributed by atoms with Crippen molar-refractivity contribution in [3.8, 4) is 0 Å². The van der Waals surface area contributed by atoms with Gasteiger partial charge in [-0.05, 0) is 50.3 Å². The van der Waals surface area contributed by atoms with E-state index in [1.54, 1.807) is 6.07 Å². The monoisotopic (exact) mass is 450 g/mol. The van der Waals surface area contributed by atoms with Crippen molar-refractivity contribution in [3.63, 3.8) is 0 Å². The van der Waals surface area contributed by atoms with Gasteiger partial charge in [0.05, 0.1) is 16.8 Å². The second kappa shape index (κ2) is 9.60. The molecule has 2 aromatic rings. The molecule has 0 saturated carbocycles. The molecule has 0 saturated heterocycles. The number of carbonyl (C=O) groups excluding carboxylic acids is 1. The predicted octanol–water partition coefficient (Wildman–Crippen LogP) is 5.39. The normalized spacial score (nSPS) is 15.6. The molecule has 1 aliphatic rings. The summed E-state index contributed by atoms with van der Waals surface area (Å²) >= 11 is 0. The maximum Gasteiger partial charge on any atom is 0.418 e. The number of nitrogens with zero attached hydrogens (tertiary/aromatic N) is 1. The van der Waals surface area contributed by atoms with Crippen LogP contribution < -0.4 is 16.0 Å². The molecule has 1 unspecified atom stereocenters. The molecule has 0 aliphatic carbocycles. The number of carbonyl (C=O) groups is 1. The fraction of sp³-hybridized carbons (Fsp3) is 0.348. The van der Waals surface area contributed by atoms with Gasteiger partial charge in [0.15, 0.2) is 0 Å². The fourth-order valence-electron chi connectivity index (χ4n) is 3.67. The van der Waals surface area contributed by atoms with Crippen LogP contribution in [0.4, 0.5) is 34.6 Å². The molecule has 1 heterocycles. The highest BCUT2D eigenvalue weighted by Crippen LogP contribution is 2.38. The molecule has 3 rings (SSSR count). The van der Waals surface area contributed by atoms with E-state index in [1.165, 1.54) is 30.5 Å². The summed E-state index contributed by atoms with van der Waals surface area (Å²) in [4.78, 5) is 14.3. The van der Waals surface area contributed by atoms with Gasteiger partial charge in [-0.25, -0.2) is 4.39 Å². The van der Waals surface area contributed by atoms with Crippen LogP contribution in [0.3, 0.4) is 0 Å². The summed E-state index contributed by atoms with van der Waals surface area (Å²) in [5.41, 5.74) is -0.295. The Hall–Kier alpha value is -3.07. The summed E-state index contributed by atoms with van der Waals surface area (Å²) in [5, 5.41) is 8.19. The molecule has 32 heavy (non-hydrogen) atoms. The lowest BCUT2D eigenvalue weighted by molar-refractivity contribution is -0.137. The number of nitrogens with one attached hydrogen (secondary N) is 3. The summed E-state index contributed by atoms with van der Waals surface area (Å²) < 4.78 is 55.3. The lowest BCUT2D eigenvalue weighted by Crippen LogP contribution is -2.35. The average Bonchev–Trinajstić information content (AvgIpc) is 3.06. The third kappa shape index (κ3) is 5.21. The van der Waals surface area contributed by atoms with Crippen LogP contribution in [-0.2, 0) is 11.0 Å². The summed E-state index contributed by atoms with van der Waals surface area (Å²) in [7, 11) is 0. The molecule has 0 spiro atoms. The van der Waals surface area contributed by atoms with Crippen molar-refractivity contribution < 1.29 is 22.4 Å². The van der Waals surface area contributed by atoms with Gasteiger partial charge in [0.1, 0.15) is 5.82 Å². The maximum atomic E-state index is 14.2. The lowest BCUT2D eigenvalue weighted by atomic mass is 10.1. The molecule has 0 bridgehead atoms. The molecule has 2 aromatic carbocycles. The van der Waals surface area contributed by atoms with Crippen LogP contribution in [-0.4, -0.2) is 36.5 Å². The third-order valence-electron chi connectivity index (χ3n) is 5.31.